The number of rotatable bonds is 25. The van der Waals surface area contributed by atoms with Gasteiger partial charge in [-0.3, -0.25) is 30.8 Å². The number of hydrogen-bond donors (Lipinski definition) is 7. The fourth-order valence-electron chi connectivity index (χ4n) is 7.36. The number of carbonyl (C=O) groups excluding carboxylic acids is 4. The van der Waals surface area contributed by atoms with Crippen molar-refractivity contribution < 1.29 is 68.9 Å². The number of fused-ring (bicyclic) bond motifs is 2. The number of hydrogen-bond acceptors (Lipinski definition) is 7. The molecule has 0 unspecified atom stereocenters. The van der Waals surface area contributed by atoms with E-state index in [0.29, 0.717) is 63.3 Å². The normalized spacial score (nSPS) is 12.0. The molecular weight excluding hydrogens is 869 g/mol. The molecule has 0 radical (unpaired) electrons. The van der Waals surface area contributed by atoms with Crippen molar-refractivity contribution in [2.24, 2.45) is 11.5 Å². The Hall–Kier alpha value is -6.09. The Morgan fingerprint density at radius 1 is 0.631 bits per heavy atom. The van der Waals surface area contributed by atoms with Gasteiger partial charge in [-0.25, -0.2) is 4.79 Å². The van der Waals surface area contributed by atoms with Gasteiger partial charge in [-0.15, -0.1) is 0 Å². The van der Waals surface area contributed by atoms with Crippen LogP contribution in [0.1, 0.15) is 70.8 Å². The highest BCUT2D eigenvalue weighted by Gasteiger charge is 2.30. The number of ether oxygens (including phenoxy) is 3. The van der Waals surface area contributed by atoms with Crippen molar-refractivity contribution in [3.8, 4) is 22.6 Å². The van der Waals surface area contributed by atoms with Crippen LogP contribution in [0.4, 0.5) is 0 Å². The molecular formula is C49H63Cl2N7O7. The zero-order chi connectivity index (χ0) is 45.0. The Labute approximate surface area is 393 Å². The van der Waals surface area contributed by atoms with Crippen LogP contribution in [0.3, 0.4) is 0 Å². The van der Waals surface area contributed by atoms with Gasteiger partial charge in [-0.1, -0.05) is 111 Å². The summed E-state index contributed by atoms with van der Waals surface area (Å²) in [5.41, 5.74) is 17.6. The van der Waals surface area contributed by atoms with Gasteiger partial charge in [0.05, 0.1) is 19.7 Å². The second-order valence-electron chi connectivity index (χ2n) is 15.5. The van der Waals surface area contributed by atoms with E-state index in [1.807, 2.05) is 104 Å². The van der Waals surface area contributed by atoms with Crippen molar-refractivity contribution in [3.05, 3.63) is 109 Å². The largest absolute Gasteiger partial charge is 1.00 e. The predicted octanol–water partition coefficient (Wildman–Crippen LogP) is -2.62. The summed E-state index contributed by atoms with van der Waals surface area (Å²) in [6, 6.07) is 30.1. The molecule has 3 amide bonds. The van der Waals surface area contributed by atoms with Crippen molar-refractivity contribution in [1.82, 2.24) is 16.0 Å². The van der Waals surface area contributed by atoms with Crippen LogP contribution in [0, 0.1) is 0 Å². The monoisotopic (exact) mass is 931 g/mol. The number of guanidine groups is 1. The smallest absolute Gasteiger partial charge is 0.338 e. The van der Waals surface area contributed by atoms with Crippen molar-refractivity contribution in [2.75, 3.05) is 26.3 Å². The minimum Gasteiger partial charge on any atom is -1.00 e. The Morgan fingerprint density at radius 3 is 1.77 bits per heavy atom. The number of nitrogens with two attached hydrogens (primary N) is 2. The molecule has 5 aromatic carbocycles. The van der Waals surface area contributed by atoms with Crippen molar-refractivity contribution in [1.29, 1.82) is 0 Å². The van der Waals surface area contributed by atoms with Crippen LogP contribution in [0.15, 0.2) is 103 Å². The Balaban J connectivity index is 0.00000561. The summed E-state index contributed by atoms with van der Waals surface area (Å²) < 4.78 is 18.2. The van der Waals surface area contributed by atoms with Gasteiger partial charge in [0.1, 0.15) is 36.2 Å². The molecule has 0 heterocycles. The molecule has 11 N–H and O–H groups in total. The summed E-state index contributed by atoms with van der Waals surface area (Å²) in [5, 5.41) is 12.5. The fraction of sp³-hybridized carbons (Fsp3) is 0.367. The Morgan fingerprint density at radius 2 is 1.18 bits per heavy atom. The first-order valence-corrected chi connectivity index (χ1v) is 21.9. The number of unbranched alkanes of at least 4 members (excludes halogenated alkanes) is 1. The number of halogens is 2. The average molecular weight is 933 g/mol. The highest BCUT2D eigenvalue weighted by Crippen LogP contribution is 2.45. The molecule has 3 atom stereocenters. The number of carbonyl (C=O) groups is 4. The third-order valence-electron chi connectivity index (χ3n) is 10.5. The maximum atomic E-state index is 14.1. The van der Waals surface area contributed by atoms with E-state index in [4.69, 9.17) is 25.7 Å². The Bertz CT molecular complexity index is 2330. The van der Waals surface area contributed by atoms with Crippen LogP contribution >= 0.6 is 0 Å². The van der Waals surface area contributed by atoms with Gasteiger partial charge in [0, 0.05) is 11.1 Å². The summed E-state index contributed by atoms with van der Waals surface area (Å²) >= 11 is 0. The van der Waals surface area contributed by atoms with Gasteiger partial charge in [-0.05, 0) is 84.2 Å². The maximum Gasteiger partial charge on any atom is 0.338 e. The van der Waals surface area contributed by atoms with E-state index >= 15 is 0 Å². The number of quaternary nitrogens is 1. The first-order valence-electron chi connectivity index (χ1n) is 21.9. The zero-order valence-corrected chi connectivity index (χ0v) is 38.7. The summed E-state index contributed by atoms with van der Waals surface area (Å²) in [6.07, 6.45) is 3.94. The summed E-state index contributed by atoms with van der Waals surface area (Å²) in [6.45, 7) is 5.12. The fourth-order valence-corrected chi connectivity index (χ4v) is 7.36. The molecule has 16 heteroatoms. The topological polar surface area (TPSA) is 226 Å². The molecule has 0 aliphatic heterocycles. The van der Waals surface area contributed by atoms with E-state index in [9.17, 15) is 19.2 Å². The number of benzene rings is 5. The van der Waals surface area contributed by atoms with E-state index in [2.05, 4.69) is 39.7 Å². The Kier molecular flexibility index (Phi) is 22.9. The molecule has 0 spiro atoms. The lowest BCUT2D eigenvalue weighted by Crippen LogP contribution is -3.00. The van der Waals surface area contributed by atoms with Gasteiger partial charge < -0.3 is 60.7 Å². The minimum atomic E-state index is -1.06. The summed E-state index contributed by atoms with van der Waals surface area (Å²) in [4.78, 5) is 57.9. The molecule has 0 aromatic heterocycles. The molecule has 0 aliphatic carbocycles. The second kappa shape index (κ2) is 28.0. The third kappa shape index (κ3) is 15.8. The van der Waals surface area contributed by atoms with Crippen LogP contribution in [0.5, 0.6) is 11.5 Å². The predicted molar refractivity (Wildman–Crippen MR) is 245 cm³/mol. The van der Waals surface area contributed by atoms with E-state index in [1.165, 1.54) is 0 Å². The molecule has 350 valence electrons. The molecule has 0 fully saturated rings. The lowest BCUT2D eigenvalue weighted by atomic mass is 9.92. The van der Waals surface area contributed by atoms with Crippen molar-refractivity contribution >= 4 is 51.2 Å². The van der Waals surface area contributed by atoms with E-state index in [-0.39, 0.29) is 43.8 Å². The molecule has 5 rings (SSSR count). The van der Waals surface area contributed by atoms with E-state index in [0.717, 1.165) is 51.1 Å². The van der Waals surface area contributed by atoms with Crippen molar-refractivity contribution in [2.45, 2.75) is 89.9 Å². The molecule has 0 saturated heterocycles. The van der Waals surface area contributed by atoms with Crippen LogP contribution in [-0.4, -0.2) is 74.1 Å². The van der Waals surface area contributed by atoms with Crippen LogP contribution in [-0.2, 0) is 30.5 Å². The highest BCUT2D eigenvalue weighted by atomic mass is 35.5. The van der Waals surface area contributed by atoms with Gasteiger partial charge in [0.2, 0.25) is 11.8 Å². The van der Waals surface area contributed by atoms with E-state index < -0.39 is 48.4 Å². The average Bonchev–Trinajstić information content (AvgIpc) is 3.29. The summed E-state index contributed by atoms with van der Waals surface area (Å²) in [5.74, 6) is -1.01. The number of nitrogens with one attached hydrogen (secondary N) is 4. The maximum absolute atomic E-state index is 14.1. The number of esters is 1. The number of amides is 3. The molecule has 14 nitrogen and oxygen atoms in total. The molecule has 65 heavy (non-hydrogen) atoms. The standard InChI is InChI=1S/C49H61N7O7.2ClH/c1-3-15-40(48(60)63-31-33-16-6-5-7-17-33)56-47(59)39(23-14-29-53-49(51)52)55-46(58)38(22-12-13-28-50)54-43(57)32-62-42-27-25-35-19-9-11-21-37(35)45(42)44-36-20-10-8-18-34(36)24-26-41(44)61-30-4-2;;/h5-11,16-21,24-27,38-40H,3-4,12-15,22-23,28-32,50H2,1-2H3,(H,54,57)(H,55,58)(H,56,59)(H4,51,52,53);2*1H/t38-,39-,40+;;/m1../s1. The molecule has 0 bridgehead atoms. The van der Waals surface area contributed by atoms with E-state index in [1.54, 1.807) is 0 Å². The minimum absolute atomic E-state index is 0. The summed E-state index contributed by atoms with van der Waals surface area (Å²) in [7, 11) is 0. The first-order chi connectivity index (χ1) is 30.6. The van der Waals surface area contributed by atoms with Crippen LogP contribution in [0.2, 0.25) is 0 Å². The highest BCUT2D eigenvalue weighted by molar-refractivity contribution is 6.10. The van der Waals surface area contributed by atoms with Crippen LogP contribution < -0.4 is 72.4 Å². The SMILES string of the molecule is CCCOc1ccc2ccccc2c1-c1c(OCC(=O)N[C@H](CCCC[NH3+])C(=O)N[C@H](CCC[NH+]=C(N)N)C(=O)N[C@@H](CCC)C(=O)OCc2ccccc2)ccc2ccccc12.[Cl-].[Cl-]. The van der Waals surface area contributed by atoms with Crippen molar-refractivity contribution in [3.63, 3.8) is 0 Å². The molecule has 0 aliphatic rings. The molecule has 0 saturated carbocycles. The van der Waals surface area contributed by atoms with Gasteiger partial charge >= 0.3 is 11.9 Å². The third-order valence-corrected chi connectivity index (χ3v) is 10.5. The quantitative estimate of drug-likeness (QED) is 0.0141. The first kappa shape index (κ1) is 53.2. The second-order valence-corrected chi connectivity index (χ2v) is 15.5. The van der Waals surface area contributed by atoms with Gasteiger partial charge in [0.15, 0.2) is 6.61 Å². The lowest BCUT2D eigenvalue weighted by Gasteiger charge is -2.25. The molecule has 5 aromatic rings. The van der Waals surface area contributed by atoms with Gasteiger partial charge in [0.25, 0.3) is 5.91 Å². The zero-order valence-electron chi connectivity index (χ0n) is 37.2. The lowest BCUT2D eigenvalue weighted by molar-refractivity contribution is -0.459. The van der Waals surface area contributed by atoms with Gasteiger partial charge in [-0.2, -0.15) is 0 Å². The van der Waals surface area contributed by atoms with Crippen LogP contribution in [0.25, 0.3) is 32.7 Å².